The van der Waals surface area contributed by atoms with Crippen molar-refractivity contribution < 1.29 is 9.84 Å². The van der Waals surface area contributed by atoms with Crippen LogP contribution in [0.15, 0.2) is 18.2 Å². The Morgan fingerprint density at radius 3 is 2.58 bits per heavy atom. The molecule has 0 spiro atoms. The normalized spacial score (nSPS) is 28.6. The molecule has 2 aliphatic heterocycles. The fourth-order valence-electron chi connectivity index (χ4n) is 3.39. The monoisotopic (exact) mass is 261 g/mol. The number of aliphatic hydroxyl groups excluding tert-OH is 1. The Hall–Kier alpha value is -0.900. The molecule has 19 heavy (non-hydrogen) atoms. The molecule has 2 heterocycles. The highest BCUT2D eigenvalue weighted by Crippen LogP contribution is 2.28. The van der Waals surface area contributed by atoms with Gasteiger partial charge in [-0.2, -0.15) is 0 Å². The lowest BCUT2D eigenvalue weighted by atomic mass is 10.0. The summed E-state index contributed by atoms with van der Waals surface area (Å²) >= 11 is 0. The highest BCUT2D eigenvalue weighted by atomic mass is 16.5. The third-order valence-corrected chi connectivity index (χ3v) is 4.33. The van der Waals surface area contributed by atoms with Crippen molar-refractivity contribution in [3.8, 4) is 0 Å². The van der Waals surface area contributed by atoms with Crippen molar-refractivity contribution in [1.29, 1.82) is 0 Å². The summed E-state index contributed by atoms with van der Waals surface area (Å²) in [4.78, 5) is 2.36. The maximum absolute atomic E-state index is 10.5. The number of aliphatic hydroxyl groups is 1. The quantitative estimate of drug-likeness (QED) is 0.905. The van der Waals surface area contributed by atoms with Crippen LogP contribution in [0.1, 0.15) is 35.6 Å². The Kier molecular flexibility index (Phi) is 3.61. The predicted octanol–water partition coefficient (Wildman–Crippen LogP) is 2.20. The minimum atomic E-state index is -0.391. The number of rotatable bonds is 3. The Bertz CT molecular complexity index is 448. The first-order valence-electron chi connectivity index (χ1n) is 7.25. The minimum Gasteiger partial charge on any atom is -0.387 e. The lowest BCUT2D eigenvalue weighted by molar-refractivity contribution is -0.0497. The van der Waals surface area contributed by atoms with E-state index in [-0.39, 0.29) is 0 Å². The number of fused-ring (bicyclic) bond motifs is 2. The molecular formula is C16H23NO2. The molecule has 0 saturated carbocycles. The van der Waals surface area contributed by atoms with Gasteiger partial charge in [-0.25, -0.2) is 0 Å². The molecule has 0 aliphatic carbocycles. The van der Waals surface area contributed by atoms with Crippen LogP contribution in [0, 0.1) is 13.8 Å². The first-order chi connectivity index (χ1) is 9.11. The molecule has 2 aliphatic rings. The summed E-state index contributed by atoms with van der Waals surface area (Å²) in [6.45, 7) is 6.83. The number of hydrogen-bond acceptors (Lipinski definition) is 3. The Morgan fingerprint density at radius 1 is 1.26 bits per heavy atom. The van der Waals surface area contributed by atoms with E-state index < -0.39 is 6.10 Å². The summed E-state index contributed by atoms with van der Waals surface area (Å²) in [5, 5.41) is 10.5. The summed E-state index contributed by atoms with van der Waals surface area (Å²) < 4.78 is 5.83. The summed E-state index contributed by atoms with van der Waals surface area (Å²) in [6, 6.07) is 6.28. The van der Waals surface area contributed by atoms with Crippen molar-refractivity contribution in [1.82, 2.24) is 4.90 Å². The molecule has 0 aromatic heterocycles. The molecule has 1 aromatic carbocycles. The number of ether oxygens (including phenoxy) is 1. The number of aryl methyl sites for hydroxylation is 2. The SMILES string of the molecule is Cc1ccc(C(O)CN2CC3CCC(C2)O3)c(C)c1. The number of morpholine rings is 1. The van der Waals surface area contributed by atoms with Gasteiger partial charge in [0.05, 0.1) is 18.3 Å². The summed E-state index contributed by atoms with van der Waals surface area (Å²) in [5.41, 5.74) is 3.49. The zero-order valence-corrected chi connectivity index (χ0v) is 11.8. The molecule has 1 N–H and O–H groups in total. The van der Waals surface area contributed by atoms with Gasteiger partial charge in [0.1, 0.15) is 0 Å². The number of benzene rings is 1. The fraction of sp³-hybridized carbons (Fsp3) is 0.625. The average Bonchev–Trinajstić information content (AvgIpc) is 2.68. The van der Waals surface area contributed by atoms with Crippen LogP contribution in [0.5, 0.6) is 0 Å². The molecule has 3 heteroatoms. The molecule has 0 amide bonds. The van der Waals surface area contributed by atoms with Gasteiger partial charge in [0.25, 0.3) is 0 Å². The van der Waals surface area contributed by atoms with Gasteiger partial charge in [0, 0.05) is 19.6 Å². The Labute approximate surface area is 115 Å². The van der Waals surface area contributed by atoms with Gasteiger partial charge in [-0.15, -0.1) is 0 Å². The highest BCUT2D eigenvalue weighted by molar-refractivity contribution is 5.32. The molecule has 3 nitrogen and oxygen atoms in total. The van der Waals surface area contributed by atoms with Gasteiger partial charge in [-0.1, -0.05) is 23.8 Å². The van der Waals surface area contributed by atoms with Crippen LogP contribution in [0.3, 0.4) is 0 Å². The molecule has 3 rings (SSSR count). The van der Waals surface area contributed by atoms with E-state index in [0.717, 1.165) is 25.2 Å². The van der Waals surface area contributed by atoms with Crippen molar-refractivity contribution in [2.75, 3.05) is 19.6 Å². The van der Waals surface area contributed by atoms with E-state index in [2.05, 4.69) is 36.9 Å². The first kappa shape index (κ1) is 13.1. The third kappa shape index (κ3) is 2.83. The summed E-state index contributed by atoms with van der Waals surface area (Å²) in [5.74, 6) is 0. The molecule has 2 fully saturated rings. The number of β-amino-alcohol motifs (C(OH)–C–C–N with tert-alkyl or cyclic N) is 1. The van der Waals surface area contributed by atoms with E-state index in [4.69, 9.17) is 4.74 Å². The Morgan fingerprint density at radius 2 is 1.95 bits per heavy atom. The molecular weight excluding hydrogens is 238 g/mol. The van der Waals surface area contributed by atoms with E-state index in [1.54, 1.807) is 0 Å². The maximum atomic E-state index is 10.5. The Balaban J connectivity index is 1.66. The van der Waals surface area contributed by atoms with Crippen LogP contribution in [0.4, 0.5) is 0 Å². The number of likely N-dealkylation sites (tertiary alicyclic amines) is 1. The second kappa shape index (κ2) is 5.23. The average molecular weight is 261 g/mol. The van der Waals surface area contributed by atoms with Crippen LogP contribution in [-0.2, 0) is 4.74 Å². The van der Waals surface area contributed by atoms with Gasteiger partial charge >= 0.3 is 0 Å². The van der Waals surface area contributed by atoms with Crippen LogP contribution in [-0.4, -0.2) is 41.8 Å². The number of nitrogens with zero attached hydrogens (tertiary/aromatic N) is 1. The van der Waals surface area contributed by atoms with Gasteiger partial charge in [-0.3, -0.25) is 4.90 Å². The van der Waals surface area contributed by atoms with E-state index >= 15 is 0 Å². The van der Waals surface area contributed by atoms with Crippen LogP contribution >= 0.6 is 0 Å². The van der Waals surface area contributed by atoms with E-state index in [1.807, 2.05) is 0 Å². The van der Waals surface area contributed by atoms with E-state index in [0.29, 0.717) is 12.2 Å². The molecule has 3 atom stereocenters. The van der Waals surface area contributed by atoms with Gasteiger partial charge in [0.15, 0.2) is 0 Å². The molecule has 3 unspecified atom stereocenters. The second-order valence-electron chi connectivity index (χ2n) is 6.05. The lowest BCUT2D eigenvalue weighted by Gasteiger charge is -2.33. The predicted molar refractivity (Wildman–Crippen MR) is 75.2 cm³/mol. The molecule has 0 radical (unpaired) electrons. The van der Waals surface area contributed by atoms with Crippen molar-refractivity contribution in [2.45, 2.75) is 45.0 Å². The third-order valence-electron chi connectivity index (χ3n) is 4.33. The maximum Gasteiger partial charge on any atom is 0.0919 e. The smallest absolute Gasteiger partial charge is 0.0919 e. The molecule has 2 bridgehead atoms. The minimum absolute atomic E-state index is 0.391. The van der Waals surface area contributed by atoms with Crippen LogP contribution in [0.25, 0.3) is 0 Å². The summed E-state index contributed by atoms with van der Waals surface area (Å²) in [7, 11) is 0. The van der Waals surface area contributed by atoms with Crippen LogP contribution < -0.4 is 0 Å². The van der Waals surface area contributed by atoms with Crippen LogP contribution in [0.2, 0.25) is 0 Å². The molecule has 104 valence electrons. The van der Waals surface area contributed by atoms with Gasteiger partial charge in [0.2, 0.25) is 0 Å². The van der Waals surface area contributed by atoms with E-state index in [9.17, 15) is 5.11 Å². The topological polar surface area (TPSA) is 32.7 Å². The van der Waals surface area contributed by atoms with Crippen molar-refractivity contribution >= 4 is 0 Å². The standard InChI is InChI=1S/C16H23NO2/c1-11-3-6-15(12(2)7-11)16(18)10-17-8-13-4-5-14(9-17)19-13/h3,6-7,13-14,16,18H,4-5,8-10H2,1-2H3. The molecule has 2 saturated heterocycles. The second-order valence-corrected chi connectivity index (χ2v) is 6.05. The van der Waals surface area contributed by atoms with E-state index in [1.165, 1.54) is 24.0 Å². The molecule has 1 aromatic rings. The largest absolute Gasteiger partial charge is 0.387 e. The van der Waals surface area contributed by atoms with Crippen molar-refractivity contribution in [3.05, 3.63) is 34.9 Å². The van der Waals surface area contributed by atoms with Gasteiger partial charge in [-0.05, 0) is 37.8 Å². The first-order valence-corrected chi connectivity index (χ1v) is 7.25. The fourth-order valence-corrected chi connectivity index (χ4v) is 3.39. The zero-order chi connectivity index (χ0) is 13.4. The lowest BCUT2D eigenvalue weighted by Crippen LogP contribution is -2.44. The summed E-state index contributed by atoms with van der Waals surface area (Å²) in [6.07, 6.45) is 2.76. The van der Waals surface area contributed by atoms with Gasteiger partial charge < -0.3 is 9.84 Å². The van der Waals surface area contributed by atoms with Crippen molar-refractivity contribution in [3.63, 3.8) is 0 Å². The highest BCUT2D eigenvalue weighted by Gasteiger charge is 2.34. The van der Waals surface area contributed by atoms with Crippen molar-refractivity contribution in [2.24, 2.45) is 0 Å². The number of hydrogen-bond donors (Lipinski definition) is 1. The zero-order valence-electron chi connectivity index (χ0n) is 11.8.